The van der Waals surface area contributed by atoms with Gasteiger partial charge < -0.3 is 20.6 Å². The minimum atomic E-state index is -1.02. The first-order valence-electron chi connectivity index (χ1n) is 13.5. The molecule has 4 aliphatic rings. The molecule has 4 heterocycles. The molecule has 37 heavy (non-hydrogen) atoms. The van der Waals surface area contributed by atoms with E-state index >= 15 is 0 Å². The van der Waals surface area contributed by atoms with Gasteiger partial charge in [0.05, 0.1) is 6.61 Å². The minimum Gasteiger partial charge on any atom is -0.395 e. The Morgan fingerprint density at radius 3 is 2.51 bits per heavy atom. The van der Waals surface area contributed by atoms with E-state index < -0.39 is 5.41 Å². The van der Waals surface area contributed by atoms with Crippen LogP contribution in [0.4, 0.5) is 23.1 Å². The van der Waals surface area contributed by atoms with E-state index in [0.29, 0.717) is 31.2 Å². The molecule has 1 aromatic carbocycles. The van der Waals surface area contributed by atoms with Crippen LogP contribution in [0.1, 0.15) is 37.7 Å². The molecule has 1 aliphatic carbocycles. The number of carbonyl (C=O) groups is 2. The van der Waals surface area contributed by atoms with Crippen LogP contribution in [0, 0.1) is 5.41 Å². The Morgan fingerprint density at radius 2 is 1.84 bits per heavy atom. The number of piperazine rings is 1. The molecule has 3 aliphatic heterocycles. The van der Waals surface area contributed by atoms with Crippen molar-refractivity contribution in [3.63, 3.8) is 0 Å². The lowest BCUT2D eigenvalue weighted by molar-refractivity contribution is -0.140. The molecule has 10 heteroatoms. The third kappa shape index (κ3) is 4.42. The summed E-state index contributed by atoms with van der Waals surface area (Å²) in [6, 6.07) is 8.32. The molecule has 1 atom stereocenters. The molecular weight excluding hydrogens is 470 g/mol. The van der Waals surface area contributed by atoms with Gasteiger partial charge in [0, 0.05) is 74.9 Å². The number of aliphatic hydroxyl groups is 1. The normalized spacial score (nSPS) is 24.6. The van der Waals surface area contributed by atoms with Gasteiger partial charge in [-0.25, -0.2) is 4.98 Å². The number of β-amino-alcohol motifs (C(OH)–C–C–N with tert-alkyl or cyclic N) is 1. The highest BCUT2D eigenvalue weighted by Gasteiger charge is 2.56. The number of fused-ring (bicyclic) bond motifs is 1. The van der Waals surface area contributed by atoms with E-state index in [1.165, 1.54) is 5.69 Å². The smallest absolute Gasteiger partial charge is 0.244 e. The van der Waals surface area contributed by atoms with E-state index in [9.17, 15) is 9.59 Å². The molecule has 1 spiro atoms. The van der Waals surface area contributed by atoms with Gasteiger partial charge in [0.25, 0.3) is 0 Å². The lowest BCUT2D eigenvalue weighted by atomic mass is 9.76. The van der Waals surface area contributed by atoms with Crippen LogP contribution < -0.4 is 20.4 Å². The number of amides is 2. The lowest BCUT2D eigenvalue weighted by Crippen LogP contribution is -2.56. The summed E-state index contributed by atoms with van der Waals surface area (Å²) in [4.78, 5) is 42.4. The summed E-state index contributed by atoms with van der Waals surface area (Å²) in [5, 5.41) is 15.3. The monoisotopic (exact) mass is 505 g/mol. The van der Waals surface area contributed by atoms with Crippen molar-refractivity contribution in [2.45, 2.75) is 44.6 Å². The summed E-state index contributed by atoms with van der Waals surface area (Å²) in [6.45, 7) is 5.23. The van der Waals surface area contributed by atoms with Crippen molar-refractivity contribution in [3.8, 4) is 0 Å². The summed E-state index contributed by atoms with van der Waals surface area (Å²) in [7, 11) is 0. The van der Waals surface area contributed by atoms with Crippen molar-refractivity contribution in [2.24, 2.45) is 5.41 Å². The molecule has 10 nitrogen and oxygen atoms in total. The first-order chi connectivity index (χ1) is 18.1. The molecule has 2 saturated heterocycles. The van der Waals surface area contributed by atoms with Crippen molar-refractivity contribution in [1.29, 1.82) is 0 Å². The Kier molecular flexibility index (Phi) is 6.46. The Labute approximate surface area is 217 Å². The van der Waals surface area contributed by atoms with Gasteiger partial charge in [0.1, 0.15) is 11.2 Å². The van der Waals surface area contributed by atoms with Gasteiger partial charge >= 0.3 is 0 Å². The molecular formula is C27H35N7O3. The second-order valence-electron chi connectivity index (χ2n) is 10.6. The van der Waals surface area contributed by atoms with E-state index in [0.717, 1.165) is 69.7 Å². The molecule has 2 aromatic rings. The predicted molar refractivity (Wildman–Crippen MR) is 141 cm³/mol. The highest BCUT2D eigenvalue weighted by molar-refractivity contribution is 6.14. The third-order valence-corrected chi connectivity index (χ3v) is 8.43. The number of carbonyl (C=O) groups excluding carboxylic acids is 2. The van der Waals surface area contributed by atoms with Gasteiger partial charge in [-0.05, 0) is 43.5 Å². The van der Waals surface area contributed by atoms with Crippen molar-refractivity contribution >= 4 is 35.0 Å². The molecule has 0 unspecified atom stereocenters. The number of anilines is 4. The SMILES string of the molecule is O=C1NCC[C@@]12Cc1cnc(Nc3ccc(N4CCN(CCO)CC4)cc3)nc1N(C1CCCC1)C2=O. The van der Waals surface area contributed by atoms with Gasteiger partial charge in [0.2, 0.25) is 17.8 Å². The number of aromatic nitrogens is 2. The number of nitrogens with zero attached hydrogens (tertiary/aromatic N) is 5. The topological polar surface area (TPSA) is 114 Å². The molecule has 6 rings (SSSR count). The van der Waals surface area contributed by atoms with Crippen LogP contribution in [0.2, 0.25) is 0 Å². The number of hydrogen-bond donors (Lipinski definition) is 3. The Morgan fingerprint density at radius 1 is 1.08 bits per heavy atom. The van der Waals surface area contributed by atoms with Crippen molar-refractivity contribution < 1.29 is 14.7 Å². The first kappa shape index (κ1) is 24.1. The zero-order chi connectivity index (χ0) is 25.4. The van der Waals surface area contributed by atoms with Crippen molar-refractivity contribution in [3.05, 3.63) is 36.0 Å². The maximum absolute atomic E-state index is 13.8. The number of rotatable bonds is 6. The molecule has 0 radical (unpaired) electrons. The number of benzene rings is 1. The number of aliphatic hydroxyl groups excluding tert-OH is 1. The maximum Gasteiger partial charge on any atom is 0.244 e. The average Bonchev–Trinajstić information content (AvgIpc) is 3.57. The first-order valence-corrected chi connectivity index (χ1v) is 13.5. The highest BCUT2D eigenvalue weighted by Crippen LogP contribution is 2.44. The Balaban J connectivity index is 1.21. The fourth-order valence-corrected chi connectivity index (χ4v) is 6.32. The van der Waals surface area contributed by atoms with Crippen LogP contribution in [0.15, 0.2) is 30.5 Å². The van der Waals surface area contributed by atoms with Crippen LogP contribution in [-0.4, -0.2) is 83.7 Å². The molecule has 0 bridgehead atoms. The van der Waals surface area contributed by atoms with Gasteiger partial charge in [-0.15, -0.1) is 0 Å². The predicted octanol–water partition coefficient (Wildman–Crippen LogP) is 1.67. The van der Waals surface area contributed by atoms with Gasteiger partial charge in [0.15, 0.2) is 0 Å². The quantitative estimate of drug-likeness (QED) is 0.508. The van der Waals surface area contributed by atoms with Gasteiger partial charge in [-0.1, -0.05) is 12.8 Å². The van der Waals surface area contributed by atoms with E-state index in [-0.39, 0.29) is 24.5 Å². The number of hydrogen-bond acceptors (Lipinski definition) is 8. The zero-order valence-electron chi connectivity index (χ0n) is 21.2. The fraction of sp³-hybridized carbons (Fsp3) is 0.556. The summed E-state index contributed by atoms with van der Waals surface area (Å²) in [6.07, 6.45) is 6.71. The highest BCUT2D eigenvalue weighted by atomic mass is 16.3. The summed E-state index contributed by atoms with van der Waals surface area (Å²) in [5.41, 5.74) is 1.89. The second-order valence-corrected chi connectivity index (χ2v) is 10.6. The molecule has 1 aromatic heterocycles. The summed E-state index contributed by atoms with van der Waals surface area (Å²) >= 11 is 0. The zero-order valence-corrected chi connectivity index (χ0v) is 21.2. The fourth-order valence-electron chi connectivity index (χ4n) is 6.32. The van der Waals surface area contributed by atoms with Crippen molar-refractivity contribution in [1.82, 2.24) is 20.2 Å². The Bertz CT molecular complexity index is 1160. The van der Waals surface area contributed by atoms with Gasteiger partial charge in [-0.3, -0.25) is 19.4 Å². The summed E-state index contributed by atoms with van der Waals surface area (Å²) < 4.78 is 0. The van der Waals surface area contributed by atoms with Crippen molar-refractivity contribution in [2.75, 3.05) is 61.0 Å². The van der Waals surface area contributed by atoms with E-state index in [1.807, 2.05) is 17.0 Å². The van der Waals surface area contributed by atoms with E-state index in [4.69, 9.17) is 10.1 Å². The molecule has 3 fully saturated rings. The van der Waals surface area contributed by atoms with E-state index in [1.54, 1.807) is 6.20 Å². The lowest BCUT2D eigenvalue weighted by Gasteiger charge is -2.40. The molecule has 2 amide bonds. The number of nitrogens with one attached hydrogen (secondary N) is 2. The maximum atomic E-state index is 13.8. The second kappa shape index (κ2) is 9.90. The summed E-state index contributed by atoms with van der Waals surface area (Å²) in [5.74, 6) is 0.835. The van der Waals surface area contributed by atoms with Gasteiger partial charge in [-0.2, -0.15) is 4.98 Å². The largest absolute Gasteiger partial charge is 0.395 e. The average molecular weight is 506 g/mol. The molecule has 3 N–H and O–H groups in total. The standard InChI is InChI=1S/C27H35N7O3/c35-16-15-32-11-13-33(14-12-32)21-7-5-20(6-8-21)30-26-29-18-19-17-27(9-10-28-24(27)36)25(37)34(23(19)31-26)22-3-1-2-4-22/h5-8,18,22,35H,1-4,9-17H2,(H,28,36)(H,29,30,31)/t27-/m1/s1. The third-order valence-electron chi connectivity index (χ3n) is 8.43. The minimum absolute atomic E-state index is 0.0803. The van der Waals surface area contributed by atoms with Crippen LogP contribution in [0.5, 0.6) is 0 Å². The Hall–Kier alpha value is -3.24. The molecule has 196 valence electrons. The molecule has 1 saturated carbocycles. The van der Waals surface area contributed by atoms with Crippen LogP contribution in [0.25, 0.3) is 0 Å². The van der Waals surface area contributed by atoms with Crippen LogP contribution in [0.3, 0.4) is 0 Å². The van der Waals surface area contributed by atoms with Crippen LogP contribution in [-0.2, 0) is 16.0 Å². The van der Waals surface area contributed by atoms with Crippen LogP contribution >= 0.6 is 0 Å². The van der Waals surface area contributed by atoms with E-state index in [2.05, 4.69) is 37.6 Å².